The smallest absolute Gasteiger partial charge is 0.273 e. The van der Waals surface area contributed by atoms with Crippen LogP contribution in [0.5, 0.6) is 0 Å². The molecule has 662 valence electrons. The summed E-state index contributed by atoms with van der Waals surface area (Å²) in [6.45, 7) is 2.93. The van der Waals surface area contributed by atoms with Crippen molar-refractivity contribution in [2.45, 2.75) is 65.4 Å². The van der Waals surface area contributed by atoms with Crippen molar-refractivity contribution in [3.63, 3.8) is 0 Å². The lowest BCUT2D eigenvalue weighted by Gasteiger charge is -2.16. The normalized spacial score (nSPS) is 13.3. The Hall–Kier alpha value is -16.7. The molecule has 0 saturated heterocycles. The van der Waals surface area contributed by atoms with Crippen molar-refractivity contribution in [1.29, 1.82) is 0 Å². The van der Waals surface area contributed by atoms with E-state index in [0.717, 1.165) is 111 Å². The fourth-order valence-corrected chi connectivity index (χ4v) is 17.4. The molecule has 11 aromatic carbocycles. The summed E-state index contributed by atoms with van der Waals surface area (Å²) in [6, 6.07) is 72.0. The quantitative estimate of drug-likeness (QED) is 0.0879. The molecular formula is C107H80F7N15O5. The average Bonchev–Trinajstić information content (AvgIpc) is 1.60. The molecule has 20 nitrogen and oxygen atoms in total. The molecular weight excluding hydrogens is 1710 g/mol. The minimum absolute atomic E-state index is 0.0201. The number of hydrogen-bond acceptors (Lipinski definition) is 12. The molecule has 18 aromatic rings. The topological polar surface area (TPSA) is 207 Å². The summed E-state index contributed by atoms with van der Waals surface area (Å²) in [5, 5.41) is 17.9. The number of carbonyl (C=O) groups excluding carboxylic acids is 5. The van der Waals surface area contributed by atoms with E-state index in [1.165, 1.54) is 23.1 Å². The number of nitrogens with zero attached hydrogens (tertiary/aromatic N) is 15. The predicted octanol–water partition coefficient (Wildman–Crippen LogP) is 20.8. The average molecular weight is 1790 g/mol. The predicted molar refractivity (Wildman–Crippen MR) is 493 cm³/mol. The van der Waals surface area contributed by atoms with Crippen molar-refractivity contribution < 1.29 is 54.7 Å². The minimum atomic E-state index is -0.889. The number of fused-ring (bicyclic) bond motifs is 8. The first kappa shape index (κ1) is 86.7. The molecule has 0 N–H and O–H groups in total. The van der Waals surface area contributed by atoms with Gasteiger partial charge in [0.15, 0.2) is 0 Å². The second-order valence-electron chi connectivity index (χ2n) is 33.4. The number of aromatic nitrogens is 10. The molecule has 12 heterocycles. The van der Waals surface area contributed by atoms with Gasteiger partial charge in [0.25, 0.3) is 29.5 Å². The lowest BCUT2D eigenvalue weighted by atomic mass is 10.00. The van der Waals surface area contributed by atoms with Crippen LogP contribution in [0, 0.1) is 40.7 Å². The SMILES string of the molecule is Cn1cc(-c2ccc(CN3Cc4cc(F)cc(F)c4C3=O)c(F)c2)cn1.Cn1cc(-c2ccc(CN3Cc4ccncc4C3=O)c(F)c2)cn1.Cn1cc2cc(-c3ccc(CN4Cc5cccnc5C4=O)c(F)c3)ccc2n1.O=C1c2ccccc2CN1Cc1ccc(-c2ccc3cnccc3c2)cc1F.O=C1c2ncccc2CN1Cc1ccc(-c2ccc3ccccc3c2)cc1F. The Kier molecular flexibility index (Phi) is 24.0. The van der Waals surface area contributed by atoms with Crippen molar-refractivity contribution >= 4 is 62.0 Å². The van der Waals surface area contributed by atoms with Gasteiger partial charge in [0.2, 0.25) is 0 Å². The van der Waals surface area contributed by atoms with Crippen LogP contribution < -0.4 is 0 Å². The number of aryl methyl sites for hydroxylation is 3. The monoisotopic (exact) mass is 1790 g/mol. The first-order valence-electron chi connectivity index (χ1n) is 43.0. The molecule has 134 heavy (non-hydrogen) atoms. The molecule has 5 aliphatic heterocycles. The third-order valence-corrected chi connectivity index (χ3v) is 24.3. The standard InChI is InChI=1S/2C24H17FN2O.C22H17FN4O.C19H14F3N3O.C18H15FN4O/c25-22-13-19(18-8-7-16-4-1-2-5-17(16)12-18)9-10-20(22)14-27-15-21-6-3-11-26-23(21)24(27)28;25-23-12-17(16-5-7-19-13-26-10-9-18(19)11-16)6-8-21(23)15-27-14-20-3-1-2-4-22(20)24(27)28;1-26-11-18-9-14(6-7-20(18)25-26)15-4-5-16(19(23)10-15)12-27-13-17-3-2-8-24-21(17)22(27)28;1-24-8-14(7-23-24)11-2-3-12(16(21)5-11)9-25-10-13-4-15(20)6-17(22)18(13)19(25)26;1-22-9-15(7-21-22)12-2-3-14(17(19)6-12)11-23-10-13-4-5-20-8-16(13)18(23)24/h2*1-13H,14-15H2;2-11H,12-13H2,1H3;2-8H,9-10H2,1H3;2-9H,10-11H2,1H3. The number of rotatable bonds is 15. The maximum Gasteiger partial charge on any atom is 0.273 e. The largest absolute Gasteiger partial charge is 0.330 e. The molecule has 0 radical (unpaired) electrons. The summed E-state index contributed by atoms with van der Waals surface area (Å²) in [5.41, 5.74) is 17.7. The summed E-state index contributed by atoms with van der Waals surface area (Å²) in [6.07, 6.45) is 18.9. The maximum atomic E-state index is 14.8. The molecule has 0 bridgehead atoms. The van der Waals surface area contributed by atoms with Crippen LogP contribution in [0.2, 0.25) is 0 Å². The maximum absolute atomic E-state index is 14.8. The van der Waals surface area contributed by atoms with Gasteiger partial charge in [-0.3, -0.25) is 58.0 Å². The summed E-state index contributed by atoms with van der Waals surface area (Å²) in [7, 11) is 5.47. The molecule has 5 amide bonds. The van der Waals surface area contributed by atoms with E-state index in [2.05, 4.69) is 47.4 Å². The molecule has 23 rings (SSSR count). The summed E-state index contributed by atoms with van der Waals surface area (Å²) in [5.74, 6) is -4.33. The Bertz CT molecular complexity index is 7520. The highest BCUT2D eigenvalue weighted by Gasteiger charge is 2.35. The second-order valence-corrected chi connectivity index (χ2v) is 33.4. The highest BCUT2D eigenvalue weighted by molar-refractivity contribution is 6.01. The van der Waals surface area contributed by atoms with E-state index in [0.29, 0.717) is 88.1 Å². The Labute approximate surface area is 763 Å². The van der Waals surface area contributed by atoms with E-state index >= 15 is 0 Å². The molecule has 5 aliphatic rings. The third kappa shape index (κ3) is 18.2. The zero-order chi connectivity index (χ0) is 92.5. The number of halogens is 7. The summed E-state index contributed by atoms with van der Waals surface area (Å²) >= 11 is 0. The lowest BCUT2D eigenvalue weighted by molar-refractivity contribution is 0.0754. The number of amides is 5. The van der Waals surface area contributed by atoms with Gasteiger partial charge >= 0.3 is 0 Å². The number of benzene rings is 11. The van der Waals surface area contributed by atoms with Crippen molar-refractivity contribution in [3.05, 3.63) is 435 Å². The van der Waals surface area contributed by atoms with Crippen molar-refractivity contribution in [1.82, 2.24) is 73.8 Å². The third-order valence-electron chi connectivity index (χ3n) is 24.3. The van der Waals surface area contributed by atoms with Crippen molar-refractivity contribution in [3.8, 4) is 55.6 Å². The molecule has 0 aliphatic carbocycles. The van der Waals surface area contributed by atoms with Crippen molar-refractivity contribution in [2.75, 3.05) is 0 Å². The van der Waals surface area contributed by atoms with E-state index in [1.807, 2.05) is 184 Å². The zero-order valence-corrected chi connectivity index (χ0v) is 72.4. The molecule has 7 aromatic heterocycles. The van der Waals surface area contributed by atoms with Crippen molar-refractivity contribution in [2.24, 2.45) is 21.1 Å². The minimum Gasteiger partial charge on any atom is -0.330 e. The molecule has 0 fully saturated rings. The van der Waals surface area contributed by atoms with E-state index < -0.39 is 23.4 Å². The van der Waals surface area contributed by atoms with Gasteiger partial charge in [-0.05, 0) is 168 Å². The van der Waals surface area contributed by atoms with E-state index in [4.69, 9.17) is 0 Å². The van der Waals surface area contributed by atoms with Crippen LogP contribution in [0.1, 0.15) is 108 Å². The number of pyridine rings is 4. The fourth-order valence-electron chi connectivity index (χ4n) is 17.4. The van der Waals surface area contributed by atoms with Crippen LogP contribution in [-0.2, 0) is 86.6 Å². The van der Waals surface area contributed by atoms with Crippen LogP contribution in [0.3, 0.4) is 0 Å². The summed E-state index contributed by atoms with van der Waals surface area (Å²) in [4.78, 5) is 86.4. The van der Waals surface area contributed by atoms with Gasteiger partial charge < -0.3 is 24.5 Å². The Morgan fingerprint density at radius 1 is 0.276 bits per heavy atom. The highest BCUT2D eigenvalue weighted by Crippen LogP contribution is 2.37. The van der Waals surface area contributed by atoms with E-state index in [-0.39, 0.29) is 97.3 Å². The zero-order valence-electron chi connectivity index (χ0n) is 72.4. The van der Waals surface area contributed by atoms with Crippen LogP contribution in [0.25, 0.3) is 88.1 Å². The fraction of sp³-hybridized carbons (Fsp3) is 0.121. The molecule has 0 atom stereocenters. The molecule has 0 saturated carbocycles. The van der Waals surface area contributed by atoms with Gasteiger partial charge in [-0.25, -0.2) is 30.7 Å². The van der Waals surface area contributed by atoms with Gasteiger partial charge in [0, 0.05) is 215 Å². The Morgan fingerprint density at radius 2 is 0.664 bits per heavy atom. The van der Waals surface area contributed by atoms with Crippen LogP contribution in [0.15, 0.2) is 311 Å². The van der Waals surface area contributed by atoms with Crippen LogP contribution in [0.4, 0.5) is 30.7 Å². The van der Waals surface area contributed by atoms with Crippen LogP contribution >= 0.6 is 0 Å². The highest BCUT2D eigenvalue weighted by atomic mass is 19.2. The Balaban J connectivity index is 0.000000108. The Morgan fingerprint density at radius 3 is 1.15 bits per heavy atom. The molecule has 0 unspecified atom stereocenters. The number of hydrogen-bond donors (Lipinski definition) is 0. The van der Waals surface area contributed by atoms with E-state index in [1.54, 1.807) is 139 Å². The number of carbonyl (C=O) groups is 5. The van der Waals surface area contributed by atoms with Gasteiger partial charge in [0.05, 0.1) is 29.0 Å². The molecule has 0 spiro atoms. The van der Waals surface area contributed by atoms with E-state index in [9.17, 15) is 54.7 Å². The van der Waals surface area contributed by atoms with Gasteiger partial charge in [-0.2, -0.15) is 15.3 Å². The first-order valence-corrected chi connectivity index (χ1v) is 43.0. The second kappa shape index (κ2) is 37.0. The van der Waals surface area contributed by atoms with Gasteiger partial charge in [-0.15, -0.1) is 0 Å². The molecule has 27 heteroatoms. The van der Waals surface area contributed by atoms with Gasteiger partial charge in [-0.1, -0.05) is 146 Å². The van der Waals surface area contributed by atoms with Crippen LogP contribution in [-0.4, -0.2) is 103 Å². The van der Waals surface area contributed by atoms with Gasteiger partial charge in [0.1, 0.15) is 52.1 Å². The lowest BCUT2D eigenvalue weighted by Crippen LogP contribution is -2.24. The first-order chi connectivity index (χ1) is 65.0. The summed E-state index contributed by atoms with van der Waals surface area (Å²) < 4.78 is 106.